The quantitative estimate of drug-likeness (QED) is 0.413. The molecule has 1 saturated heterocycles. The molecule has 0 radical (unpaired) electrons. The normalized spacial score (nSPS) is 15.6. The van der Waals surface area contributed by atoms with Crippen molar-refractivity contribution in [3.63, 3.8) is 0 Å². The molecule has 29 heavy (non-hydrogen) atoms. The first-order chi connectivity index (χ1) is 14.0. The molecule has 2 aromatic rings. The van der Waals surface area contributed by atoms with Crippen LogP contribution in [0.3, 0.4) is 0 Å². The van der Waals surface area contributed by atoms with Crippen molar-refractivity contribution in [3.05, 3.63) is 83.6 Å². The van der Waals surface area contributed by atoms with Gasteiger partial charge in [0.2, 0.25) is 0 Å². The van der Waals surface area contributed by atoms with E-state index in [9.17, 15) is 9.59 Å². The Labute approximate surface area is 175 Å². The Morgan fingerprint density at radius 1 is 1.10 bits per heavy atom. The van der Waals surface area contributed by atoms with Crippen molar-refractivity contribution in [2.45, 2.75) is 13.3 Å². The van der Waals surface area contributed by atoms with Gasteiger partial charge in [0.15, 0.2) is 5.11 Å². The summed E-state index contributed by atoms with van der Waals surface area (Å²) in [5.41, 5.74) is 3.16. The van der Waals surface area contributed by atoms with Crippen LogP contribution < -0.4 is 4.90 Å². The molecule has 1 fully saturated rings. The number of esters is 1. The van der Waals surface area contributed by atoms with Gasteiger partial charge in [-0.2, -0.15) is 0 Å². The largest absolute Gasteiger partial charge is 0.468 e. The summed E-state index contributed by atoms with van der Waals surface area (Å²) in [7, 11) is 1.31. The Bertz CT molecular complexity index is 965. The minimum Gasteiger partial charge on any atom is -0.468 e. The van der Waals surface area contributed by atoms with Crippen LogP contribution in [-0.2, 0) is 20.7 Å². The number of aryl methyl sites for hydroxylation is 1. The Morgan fingerprint density at radius 2 is 1.79 bits per heavy atom. The number of hydrogen-bond acceptors (Lipinski definition) is 4. The average Bonchev–Trinajstić information content (AvgIpc) is 2.98. The van der Waals surface area contributed by atoms with Crippen molar-refractivity contribution in [2.75, 3.05) is 18.6 Å². The maximum absolute atomic E-state index is 13.1. The lowest BCUT2D eigenvalue weighted by Gasteiger charge is -2.19. The van der Waals surface area contributed by atoms with Crippen molar-refractivity contribution in [1.82, 2.24) is 4.90 Å². The zero-order valence-electron chi connectivity index (χ0n) is 16.4. The SMILES string of the molecule is CCc1ccc(N2C(=O)/C(=C/C=C/c3ccccc3)N(CC(=O)OC)C2=S)cc1. The summed E-state index contributed by atoms with van der Waals surface area (Å²) in [4.78, 5) is 28.0. The monoisotopic (exact) mass is 406 g/mol. The van der Waals surface area contributed by atoms with Crippen LogP contribution in [-0.4, -0.2) is 35.5 Å². The number of carbonyl (C=O) groups excluding carboxylic acids is 2. The number of ether oxygens (including phenoxy) is 1. The standard InChI is InChI=1S/C23H22N2O3S/c1-3-17-12-14-19(15-13-17)25-22(27)20(24(23(25)29)16-21(26)28-2)11-7-10-18-8-5-4-6-9-18/h4-15H,3,16H2,1-2H3/b10-7+,20-11-. The van der Waals surface area contributed by atoms with Crippen molar-refractivity contribution < 1.29 is 14.3 Å². The number of allylic oxidation sites excluding steroid dienone is 2. The highest BCUT2D eigenvalue weighted by atomic mass is 32.1. The second-order valence-corrected chi connectivity index (χ2v) is 6.79. The summed E-state index contributed by atoms with van der Waals surface area (Å²) >= 11 is 5.53. The van der Waals surface area contributed by atoms with Crippen molar-refractivity contribution in [2.24, 2.45) is 0 Å². The smallest absolute Gasteiger partial charge is 0.325 e. The van der Waals surface area contributed by atoms with E-state index in [0.717, 1.165) is 12.0 Å². The van der Waals surface area contributed by atoms with Gasteiger partial charge >= 0.3 is 5.97 Å². The van der Waals surface area contributed by atoms with Crippen LogP contribution in [0.25, 0.3) is 6.08 Å². The minimum atomic E-state index is -0.471. The average molecular weight is 407 g/mol. The fourth-order valence-electron chi connectivity index (χ4n) is 2.97. The van der Waals surface area contributed by atoms with E-state index in [1.807, 2.05) is 60.7 Å². The summed E-state index contributed by atoms with van der Waals surface area (Å²) < 4.78 is 4.77. The van der Waals surface area contributed by atoms with E-state index in [-0.39, 0.29) is 17.6 Å². The van der Waals surface area contributed by atoms with E-state index < -0.39 is 5.97 Å². The Balaban J connectivity index is 1.93. The fraction of sp³-hybridized carbons (Fsp3) is 0.174. The number of thiocarbonyl (C=S) groups is 1. The molecule has 0 saturated carbocycles. The van der Waals surface area contributed by atoms with Crippen LogP contribution in [0.4, 0.5) is 5.69 Å². The molecular weight excluding hydrogens is 384 g/mol. The zero-order valence-corrected chi connectivity index (χ0v) is 17.2. The lowest BCUT2D eigenvalue weighted by atomic mass is 10.1. The molecule has 5 nitrogen and oxygen atoms in total. The van der Waals surface area contributed by atoms with Gasteiger partial charge in [0.1, 0.15) is 12.2 Å². The number of anilines is 1. The number of amides is 1. The van der Waals surface area contributed by atoms with Crippen LogP contribution >= 0.6 is 12.2 Å². The maximum atomic E-state index is 13.1. The molecule has 148 valence electrons. The predicted octanol–water partition coefficient (Wildman–Crippen LogP) is 3.95. The van der Waals surface area contributed by atoms with Crippen molar-refractivity contribution in [3.8, 4) is 0 Å². The number of methoxy groups -OCH3 is 1. The summed E-state index contributed by atoms with van der Waals surface area (Å²) in [6.07, 6.45) is 6.24. The lowest BCUT2D eigenvalue weighted by Crippen LogP contribution is -2.35. The Hall–Kier alpha value is -3.25. The molecule has 0 spiro atoms. The molecule has 1 aliphatic rings. The highest BCUT2D eigenvalue weighted by Gasteiger charge is 2.39. The molecule has 1 amide bonds. The second-order valence-electron chi connectivity index (χ2n) is 6.43. The van der Waals surface area contributed by atoms with Gasteiger partial charge in [-0.25, -0.2) is 0 Å². The van der Waals surface area contributed by atoms with Gasteiger partial charge in [-0.15, -0.1) is 0 Å². The molecule has 1 aliphatic heterocycles. The van der Waals surface area contributed by atoms with Crippen LogP contribution in [0.1, 0.15) is 18.1 Å². The van der Waals surface area contributed by atoms with E-state index in [2.05, 4.69) is 6.92 Å². The molecule has 0 atom stereocenters. The Morgan fingerprint density at radius 3 is 2.41 bits per heavy atom. The number of nitrogens with zero attached hydrogens (tertiary/aromatic N) is 2. The van der Waals surface area contributed by atoms with Gasteiger partial charge in [-0.1, -0.05) is 61.5 Å². The topological polar surface area (TPSA) is 49.9 Å². The molecule has 2 aromatic carbocycles. The molecule has 0 aromatic heterocycles. The van der Waals surface area contributed by atoms with Crippen LogP contribution in [0, 0.1) is 0 Å². The maximum Gasteiger partial charge on any atom is 0.325 e. The van der Waals surface area contributed by atoms with Gasteiger partial charge in [-0.3, -0.25) is 14.5 Å². The molecule has 0 bridgehead atoms. The van der Waals surface area contributed by atoms with Gasteiger partial charge in [0.05, 0.1) is 12.8 Å². The van der Waals surface area contributed by atoms with Crippen LogP contribution in [0.5, 0.6) is 0 Å². The van der Waals surface area contributed by atoms with Gasteiger partial charge in [0, 0.05) is 0 Å². The summed E-state index contributed by atoms with van der Waals surface area (Å²) in [5, 5.41) is 0.254. The molecule has 0 unspecified atom stereocenters. The van der Waals surface area contributed by atoms with Crippen LogP contribution in [0.15, 0.2) is 72.4 Å². The highest BCUT2D eigenvalue weighted by molar-refractivity contribution is 7.80. The summed E-state index contributed by atoms with van der Waals surface area (Å²) in [6.45, 7) is 1.94. The first-order valence-corrected chi connectivity index (χ1v) is 9.71. The molecule has 6 heteroatoms. The second kappa shape index (κ2) is 9.30. The first-order valence-electron chi connectivity index (χ1n) is 9.30. The van der Waals surface area contributed by atoms with E-state index in [1.165, 1.54) is 22.5 Å². The number of hydrogen-bond donors (Lipinski definition) is 0. The summed E-state index contributed by atoms with van der Waals surface area (Å²) in [6, 6.07) is 17.4. The van der Waals surface area contributed by atoms with Crippen molar-refractivity contribution in [1.29, 1.82) is 0 Å². The van der Waals surface area contributed by atoms with E-state index >= 15 is 0 Å². The zero-order chi connectivity index (χ0) is 20.8. The van der Waals surface area contributed by atoms with E-state index in [4.69, 9.17) is 17.0 Å². The molecule has 1 heterocycles. The van der Waals surface area contributed by atoms with Gasteiger partial charge in [-0.05, 0) is 48.0 Å². The third-order valence-corrected chi connectivity index (χ3v) is 5.00. The third kappa shape index (κ3) is 4.60. The van der Waals surface area contributed by atoms with E-state index in [0.29, 0.717) is 11.4 Å². The number of rotatable bonds is 6. The fourth-order valence-corrected chi connectivity index (χ4v) is 3.32. The molecule has 3 rings (SSSR count). The van der Waals surface area contributed by atoms with Crippen molar-refractivity contribution >= 4 is 41.0 Å². The highest BCUT2D eigenvalue weighted by Crippen LogP contribution is 2.28. The molecular formula is C23H22N2O3S. The van der Waals surface area contributed by atoms with E-state index in [1.54, 1.807) is 12.2 Å². The summed E-state index contributed by atoms with van der Waals surface area (Å²) in [5.74, 6) is -0.748. The molecule has 0 N–H and O–H groups in total. The lowest BCUT2D eigenvalue weighted by molar-refractivity contribution is -0.140. The first kappa shape index (κ1) is 20.5. The predicted molar refractivity (Wildman–Crippen MR) is 118 cm³/mol. The van der Waals surface area contributed by atoms with Gasteiger partial charge < -0.3 is 9.64 Å². The third-order valence-electron chi connectivity index (χ3n) is 4.60. The molecule has 0 aliphatic carbocycles. The minimum absolute atomic E-state index is 0.129. The number of benzene rings is 2. The number of carbonyl (C=O) groups is 2. The Kier molecular flexibility index (Phi) is 6.57. The van der Waals surface area contributed by atoms with Gasteiger partial charge in [0.25, 0.3) is 5.91 Å². The van der Waals surface area contributed by atoms with Crippen LogP contribution in [0.2, 0.25) is 0 Å².